The van der Waals surface area contributed by atoms with Crippen molar-refractivity contribution in [3.8, 4) is 16.3 Å². The van der Waals surface area contributed by atoms with Crippen molar-refractivity contribution in [2.45, 2.75) is 77.1 Å². The van der Waals surface area contributed by atoms with Crippen LogP contribution in [0.4, 0.5) is 24.0 Å². The SMILES string of the molecule is CC(C)(C)OC(=O)N1C2CCC1CN(c1nc3c(OC(F)(F)F)c(C(C)(C)O)cc(-c4nccs4)c3o1)C2. The molecular formula is C25H29F3N4O5S. The molecule has 5 rings (SSSR count). The van der Waals surface area contributed by atoms with E-state index in [2.05, 4.69) is 14.7 Å². The number of carbonyl (C=O) groups is 1. The normalized spacial score (nSPS) is 20.3. The van der Waals surface area contributed by atoms with Crippen molar-refractivity contribution in [3.05, 3.63) is 23.2 Å². The lowest BCUT2D eigenvalue weighted by atomic mass is 9.94. The molecule has 2 aliphatic heterocycles. The number of benzene rings is 1. The third-order valence-electron chi connectivity index (χ3n) is 6.51. The molecule has 2 aromatic heterocycles. The molecule has 2 atom stereocenters. The number of fused-ring (bicyclic) bond motifs is 3. The van der Waals surface area contributed by atoms with Gasteiger partial charge in [0.25, 0.3) is 6.01 Å². The van der Waals surface area contributed by atoms with Crippen molar-refractivity contribution in [1.29, 1.82) is 0 Å². The monoisotopic (exact) mass is 554 g/mol. The number of alkyl halides is 3. The molecule has 38 heavy (non-hydrogen) atoms. The molecule has 206 valence electrons. The molecule has 1 N–H and O–H groups in total. The fraction of sp³-hybridized carbons (Fsp3) is 0.560. The molecule has 3 aromatic rings. The lowest BCUT2D eigenvalue weighted by Crippen LogP contribution is -2.56. The first-order chi connectivity index (χ1) is 17.6. The molecule has 4 heterocycles. The van der Waals surface area contributed by atoms with Crippen LogP contribution in [0, 0.1) is 0 Å². The first kappa shape index (κ1) is 26.5. The van der Waals surface area contributed by atoms with E-state index in [-0.39, 0.29) is 40.9 Å². The van der Waals surface area contributed by atoms with Crippen LogP contribution in [0.15, 0.2) is 22.1 Å². The zero-order valence-electron chi connectivity index (χ0n) is 21.6. The van der Waals surface area contributed by atoms with Crippen molar-refractivity contribution in [2.24, 2.45) is 0 Å². The number of hydrogen-bond donors (Lipinski definition) is 1. The van der Waals surface area contributed by atoms with Crippen LogP contribution in [-0.4, -0.2) is 63.2 Å². The highest BCUT2D eigenvalue weighted by molar-refractivity contribution is 7.13. The molecule has 1 amide bonds. The number of carbonyl (C=O) groups excluding carboxylic acids is 1. The van der Waals surface area contributed by atoms with Crippen LogP contribution in [0.3, 0.4) is 0 Å². The third kappa shape index (κ3) is 5.13. The Hall–Kier alpha value is -3.06. The second-order valence-corrected chi connectivity index (χ2v) is 12.0. The number of hydrogen-bond acceptors (Lipinski definition) is 9. The fourth-order valence-electron chi connectivity index (χ4n) is 5.04. The van der Waals surface area contributed by atoms with Gasteiger partial charge in [0, 0.05) is 30.2 Å². The Labute approximate surface area is 221 Å². The van der Waals surface area contributed by atoms with E-state index in [1.807, 2.05) is 25.7 Å². The maximum atomic E-state index is 13.5. The lowest BCUT2D eigenvalue weighted by Gasteiger charge is -2.40. The first-order valence-electron chi connectivity index (χ1n) is 12.2. The Balaban J connectivity index is 1.58. The van der Waals surface area contributed by atoms with Gasteiger partial charge in [-0.15, -0.1) is 24.5 Å². The predicted octanol–water partition coefficient (Wildman–Crippen LogP) is 5.67. The maximum absolute atomic E-state index is 13.5. The number of aliphatic hydroxyl groups is 1. The van der Waals surface area contributed by atoms with Crippen molar-refractivity contribution < 1.29 is 37.0 Å². The minimum absolute atomic E-state index is 0.0733. The average Bonchev–Trinajstić information content (AvgIpc) is 3.49. The number of thiazole rings is 1. The van der Waals surface area contributed by atoms with Gasteiger partial charge in [-0.05, 0) is 53.5 Å². The largest absolute Gasteiger partial charge is 0.573 e. The van der Waals surface area contributed by atoms with Gasteiger partial charge in [-0.2, -0.15) is 4.98 Å². The Morgan fingerprint density at radius 3 is 2.34 bits per heavy atom. The predicted molar refractivity (Wildman–Crippen MR) is 134 cm³/mol. The molecule has 2 unspecified atom stereocenters. The standard InChI is InChI=1S/C25H29F3N4O5S/c1-23(2,3)37-22(33)32-13-6-7-14(32)12-31(11-13)21-30-17-18(35-21)15(20-29-8-9-38-20)10-16(24(4,5)34)19(17)36-25(26,27)28/h8-10,13-14,34H,6-7,11-12H2,1-5H3. The molecule has 2 aliphatic rings. The van der Waals surface area contributed by atoms with Gasteiger partial charge in [-0.1, -0.05) is 0 Å². The number of ether oxygens (including phenoxy) is 2. The second-order valence-electron chi connectivity index (χ2n) is 11.1. The average molecular weight is 555 g/mol. The van der Waals surface area contributed by atoms with Crippen molar-refractivity contribution in [3.63, 3.8) is 0 Å². The van der Waals surface area contributed by atoms with Crippen molar-refractivity contribution in [2.75, 3.05) is 18.0 Å². The summed E-state index contributed by atoms with van der Waals surface area (Å²) in [6.07, 6.45) is -2.32. The number of rotatable bonds is 4. The number of anilines is 1. The van der Waals surface area contributed by atoms with Gasteiger partial charge >= 0.3 is 12.5 Å². The summed E-state index contributed by atoms with van der Waals surface area (Å²) >= 11 is 1.28. The maximum Gasteiger partial charge on any atom is 0.573 e. The summed E-state index contributed by atoms with van der Waals surface area (Å²) < 4.78 is 56.6. The van der Waals surface area contributed by atoms with Crippen LogP contribution in [0.5, 0.6) is 5.75 Å². The van der Waals surface area contributed by atoms with Crippen LogP contribution in [0.1, 0.15) is 53.0 Å². The quantitative estimate of drug-likeness (QED) is 0.441. The number of oxazole rings is 1. The number of piperazine rings is 1. The van der Waals surface area contributed by atoms with Gasteiger partial charge in [0.1, 0.15) is 10.6 Å². The molecule has 0 saturated carbocycles. The summed E-state index contributed by atoms with van der Waals surface area (Å²) in [5, 5.41) is 13.0. The highest BCUT2D eigenvalue weighted by Crippen LogP contribution is 2.46. The highest BCUT2D eigenvalue weighted by atomic mass is 32.1. The van der Waals surface area contributed by atoms with E-state index < -0.39 is 23.3 Å². The number of nitrogens with zero attached hydrogens (tertiary/aromatic N) is 4. The summed E-state index contributed by atoms with van der Waals surface area (Å²) in [6.45, 7) is 8.93. The number of aromatic nitrogens is 2. The van der Waals surface area contributed by atoms with Crippen molar-refractivity contribution >= 4 is 34.5 Å². The van der Waals surface area contributed by atoms with Gasteiger partial charge in [0.2, 0.25) is 0 Å². The molecule has 2 bridgehead atoms. The van der Waals surface area contributed by atoms with E-state index in [0.29, 0.717) is 23.7 Å². The molecule has 2 saturated heterocycles. The van der Waals surface area contributed by atoms with Crippen molar-refractivity contribution in [1.82, 2.24) is 14.9 Å². The van der Waals surface area contributed by atoms with Gasteiger partial charge < -0.3 is 23.9 Å². The summed E-state index contributed by atoms with van der Waals surface area (Å²) in [4.78, 5) is 25.2. The zero-order chi connectivity index (χ0) is 27.6. The van der Waals surface area contributed by atoms with Crippen LogP contribution in [0.2, 0.25) is 0 Å². The molecule has 0 spiro atoms. The van der Waals surface area contributed by atoms with E-state index in [1.165, 1.54) is 31.3 Å². The van der Waals surface area contributed by atoms with E-state index in [4.69, 9.17) is 9.15 Å². The summed E-state index contributed by atoms with van der Waals surface area (Å²) in [6, 6.07) is 1.20. The summed E-state index contributed by atoms with van der Waals surface area (Å²) in [5.41, 5.74) is -2.10. The minimum Gasteiger partial charge on any atom is -0.444 e. The molecule has 0 aliphatic carbocycles. The van der Waals surface area contributed by atoms with E-state index in [9.17, 15) is 23.1 Å². The number of amides is 1. The van der Waals surface area contributed by atoms with Gasteiger partial charge in [0.05, 0.1) is 23.2 Å². The van der Waals surface area contributed by atoms with E-state index >= 15 is 0 Å². The molecule has 9 nitrogen and oxygen atoms in total. The van der Waals surface area contributed by atoms with Crippen LogP contribution in [-0.2, 0) is 10.3 Å². The zero-order valence-corrected chi connectivity index (χ0v) is 22.4. The minimum atomic E-state index is -5.02. The summed E-state index contributed by atoms with van der Waals surface area (Å²) in [5.74, 6) is -0.620. The Kier molecular flexibility index (Phi) is 6.29. The van der Waals surface area contributed by atoms with Gasteiger partial charge in [0.15, 0.2) is 16.8 Å². The summed E-state index contributed by atoms with van der Waals surface area (Å²) in [7, 11) is 0. The molecule has 13 heteroatoms. The van der Waals surface area contributed by atoms with E-state index in [1.54, 1.807) is 16.5 Å². The van der Waals surface area contributed by atoms with Crippen LogP contribution < -0.4 is 9.64 Å². The molecule has 0 radical (unpaired) electrons. The van der Waals surface area contributed by atoms with Gasteiger partial charge in [-0.25, -0.2) is 9.78 Å². The highest BCUT2D eigenvalue weighted by Gasteiger charge is 2.46. The van der Waals surface area contributed by atoms with Crippen LogP contribution in [0.25, 0.3) is 21.7 Å². The van der Waals surface area contributed by atoms with Crippen LogP contribution >= 0.6 is 11.3 Å². The fourth-order valence-corrected chi connectivity index (χ4v) is 5.70. The Morgan fingerprint density at radius 1 is 1.16 bits per heavy atom. The van der Waals surface area contributed by atoms with E-state index in [0.717, 1.165) is 12.8 Å². The Morgan fingerprint density at radius 2 is 1.82 bits per heavy atom. The first-order valence-corrected chi connectivity index (χ1v) is 13.1. The smallest absolute Gasteiger partial charge is 0.444 e. The molecule has 2 fully saturated rings. The number of halogens is 3. The lowest BCUT2D eigenvalue weighted by molar-refractivity contribution is -0.274. The topological polar surface area (TPSA) is 101 Å². The Bertz CT molecular complexity index is 1330. The third-order valence-corrected chi connectivity index (χ3v) is 7.31. The molecule has 1 aromatic carbocycles. The van der Waals surface area contributed by atoms with Gasteiger partial charge in [-0.3, -0.25) is 4.90 Å². The second kappa shape index (κ2) is 9.01. The molecular weight excluding hydrogens is 525 g/mol.